The molecule has 2 aromatic heterocycles. The Bertz CT molecular complexity index is 1060. The van der Waals surface area contributed by atoms with E-state index < -0.39 is 0 Å². The van der Waals surface area contributed by atoms with Crippen LogP contribution in [0.3, 0.4) is 0 Å². The van der Waals surface area contributed by atoms with Crippen LogP contribution in [0.2, 0.25) is 0 Å². The number of benzene rings is 2. The second-order valence-electron chi connectivity index (χ2n) is 6.57. The van der Waals surface area contributed by atoms with Gasteiger partial charge in [0.2, 0.25) is 0 Å². The van der Waals surface area contributed by atoms with Crippen LogP contribution in [0.25, 0.3) is 22.2 Å². The number of aromatic nitrogens is 3. The summed E-state index contributed by atoms with van der Waals surface area (Å²) in [6, 6.07) is 18.5. The van der Waals surface area contributed by atoms with Crippen molar-refractivity contribution < 1.29 is 0 Å². The molecule has 0 saturated carbocycles. The molecule has 0 bridgehead atoms. The molecule has 142 valence electrons. The van der Waals surface area contributed by atoms with Gasteiger partial charge in [0.15, 0.2) is 5.96 Å². The number of fused-ring (bicyclic) bond motifs is 1. The Hall–Kier alpha value is -3.54. The molecule has 2 heterocycles. The van der Waals surface area contributed by atoms with Crippen LogP contribution in [-0.4, -0.2) is 34.5 Å². The van der Waals surface area contributed by atoms with Crippen molar-refractivity contribution >= 4 is 16.9 Å². The van der Waals surface area contributed by atoms with Gasteiger partial charge in [-0.3, -0.25) is 4.99 Å². The number of imidazole rings is 1. The zero-order valence-electron chi connectivity index (χ0n) is 15.9. The number of nitrogens with zero attached hydrogens (tertiary/aromatic N) is 2. The molecule has 0 atom stereocenters. The number of aliphatic imine (C=N–C) groups is 1. The number of H-pyrrole nitrogens is 2. The van der Waals surface area contributed by atoms with Crippen molar-refractivity contribution in [1.29, 1.82) is 0 Å². The number of para-hydroxylation sites is 1. The number of rotatable bonds is 6. The average molecular weight is 372 g/mol. The Balaban J connectivity index is 1.29. The molecule has 6 nitrogen and oxygen atoms in total. The van der Waals surface area contributed by atoms with E-state index in [9.17, 15) is 0 Å². The van der Waals surface area contributed by atoms with Crippen molar-refractivity contribution in [3.63, 3.8) is 0 Å². The van der Waals surface area contributed by atoms with Gasteiger partial charge < -0.3 is 20.6 Å². The molecule has 6 heteroatoms. The van der Waals surface area contributed by atoms with Crippen LogP contribution in [0, 0.1) is 0 Å². The van der Waals surface area contributed by atoms with Crippen LogP contribution in [0.1, 0.15) is 11.4 Å². The number of guanidine groups is 1. The van der Waals surface area contributed by atoms with Crippen LogP contribution in [0.5, 0.6) is 0 Å². The van der Waals surface area contributed by atoms with E-state index in [1.165, 1.54) is 16.5 Å². The van der Waals surface area contributed by atoms with E-state index in [0.717, 1.165) is 36.0 Å². The fourth-order valence-corrected chi connectivity index (χ4v) is 3.26. The van der Waals surface area contributed by atoms with Crippen LogP contribution in [-0.2, 0) is 13.0 Å². The average Bonchev–Trinajstić information content (AvgIpc) is 3.39. The molecule has 0 unspecified atom stereocenters. The monoisotopic (exact) mass is 372 g/mol. The fraction of sp³-hybridized carbons (Fsp3) is 0.182. The Morgan fingerprint density at radius 2 is 1.86 bits per heavy atom. The Morgan fingerprint density at radius 3 is 2.71 bits per heavy atom. The van der Waals surface area contributed by atoms with Gasteiger partial charge in [-0.25, -0.2) is 4.98 Å². The van der Waals surface area contributed by atoms with Crippen LogP contribution in [0.4, 0.5) is 0 Å². The lowest BCUT2D eigenvalue weighted by Gasteiger charge is -2.10. The minimum atomic E-state index is 0.583. The molecule has 0 spiro atoms. The lowest BCUT2D eigenvalue weighted by atomic mass is 10.1. The van der Waals surface area contributed by atoms with Crippen molar-refractivity contribution in [2.75, 3.05) is 13.6 Å². The largest absolute Gasteiger partial charge is 0.361 e. The lowest BCUT2D eigenvalue weighted by Crippen LogP contribution is -2.38. The first-order chi connectivity index (χ1) is 13.8. The van der Waals surface area contributed by atoms with E-state index in [1.807, 2.05) is 30.5 Å². The predicted molar refractivity (Wildman–Crippen MR) is 114 cm³/mol. The molecule has 0 aliphatic rings. The highest BCUT2D eigenvalue weighted by Crippen LogP contribution is 2.18. The maximum absolute atomic E-state index is 4.45. The van der Waals surface area contributed by atoms with Gasteiger partial charge in [-0.05, 0) is 23.6 Å². The summed E-state index contributed by atoms with van der Waals surface area (Å²) in [6.07, 6.45) is 4.86. The van der Waals surface area contributed by atoms with E-state index in [1.54, 1.807) is 7.05 Å². The van der Waals surface area contributed by atoms with E-state index in [2.05, 4.69) is 67.1 Å². The van der Waals surface area contributed by atoms with Crippen LogP contribution >= 0.6 is 0 Å². The third kappa shape index (κ3) is 4.06. The van der Waals surface area contributed by atoms with E-state index in [4.69, 9.17) is 0 Å². The van der Waals surface area contributed by atoms with E-state index >= 15 is 0 Å². The van der Waals surface area contributed by atoms with E-state index in [0.29, 0.717) is 6.54 Å². The van der Waals surface area contributed by atoms with Crippen molar-refractivity contribution in [1.82, 2.24) is 25.6 Å². The summed E-state index contributed by atoms with van der Waals surface area (Å²) in [5.41, 5.74) is 4.62. The van der Waals surface area contributed by atoms with Gasteiger partial charge in [0.1, 0.15) is 5.82 Å². The Kier molecular flexibility index (Phi) is 5.38. The van der Waals surface area contributed by atoms with Crippen molar-refractivity contribution in [2.24, 2.45) is 4.99 Å². The maximum Gasteiger partial charge on any atom is 0.191 e. The quantitative estimate of drug-likeness (QED) is 0.309. The van der Waals surface area contributed by atoms with Crippen molar-refractivity contribution in [3.8, 4) is 11.3 Å². The fourth-order valence-electron chi connectivity index (χ4n) is 3.26. The molecule has 2 aromatic carbocycles. The third-order valence-corrected chi connectivity index (χ3v) is 4.72. The highest BCUT2D eigenvalue weighted by Gasteiger charge is 2.06. The summed E-state index contributed by atoms with van der Waals surface area (Å²) >= 11 is 0. The van der Waals surface area contributed by atoms with Gasteiger partial charge in [-0.15, -0.1) is 0 Å². The SMILES string of the molecule is CN=C(NCCc1c[nH]c2ccccc12)NCc1ncc(-c2ccccc2)[nH]1. The molecular formula is C22H24N6. The summed E-state index contributed by atoms with van der Waals surface area (Å²) in [4.78, 5) is 15.4. The molecule has 4 aromatic rings. The summed E-state index contributed by atoms with van der Waals surface area (Å²) in [6.45, 7) is 1.38. The minimum absolute atomic E-state index is 0.583. The summed E-state index contributed by atoms with van der Waals surface area (Å²) in [5, 5.41) is 7.94. The minimum Gasteiger partial charge on any atom is -0.361 e. The zero-order chi connectivity index (χ0) is 19.2. The molecule has 0 saturated heterocycles. The molecule has 0 aliphatic carbocycles. The first kappa shape index (κ1) is 17.9. The summed E-state index contributed by atoms with van der Waals surface area (Å²) < 4.78 is 0. The van der Waals surface area contributed by atoms with Crippen molar-refractivity contribution in [3.05, 3.63) is 78.4 Å². The Labute approximate surface area is 164 Å². The maximum atomic E-state index is 4.45. The highest BCUT2D eigenvalue weighted by atomic mass is 15.2. The van der Waals surface area contributed by atoms with E-state index in [-0.39, 0.29) is 0 Å². The topological polar surface area (TPSA) is 80.9 Å². The van der Waals surface area contributed by atoms with Gasteiger partial charge in [0, 0.05) is 30.7 Å². The molecular weight excluding hydrogens is 348 g/mol. The summed E-state index contributed by atoms with van der Waals surface area (Å²) in [5.74, 6) is 1.64. The second kappa shape index (κ2) is 8.43. The first-order valence-corrected chi connectivity index (χ1v) is 9.42. The van der Waals surface area contributed by atoms with Gasteiger partial charge >= 0.3 is 0 Å². The van der Waals surface area contributed by atoms with Gasteiger partial charge in [0.05, 0.1) is 18.4 Å². The van der Waals surface area contributed by atoms with Crippen molar-refractivity contribution in [2.45, 2.75) is 13.0 Å². The molecule has 4 rings (SSSR count). The normalized spacial score (nSPS) is 11.7. The second-order valence-corrected chi connectivity index (χ2v) is 6.57. The molecule has 0 radical (unpaired) electrons. The zero-order valence-corrected chi connectivity index (χ0v) is 15.9. The molecule has 0 aliphatic heterocycles. The first-order valence-electron chi connectivity index (χ1n) is 9.42. The Morgan fingerprint density at radius 1 is 1.04 bits per heavy atom. The lowest BCUT2D eigenvalue weighted by molar-refractivity contribution is 0.775. The van der Waals surface area contributed by atoms with Crippen LogP contribution in [0.15, 0.2) is 72.0 Å². The van der Waals surface area contributed by atoms with Gasteiger partial charge in [-0.2, -0.15) is 0 Å². The standard InChI is InChI=1S/C22H24N6/c1-23-22(24-12-11-17-13-25-19-10-6-5-9-18(17)19)27-15-21-26-14-20(28-21)16-7-3-2-4-8-16/h2-10,13-14,25H,11-12,15H2,1H3,(H,26,28)(H2,23,24,27). The van der Waals surface area contributed by atoms with Gasteiger partial charge in [0.25, 0.3) is 0 Å². The molecule has 0 fully saturated rings. The highest BCUT2D eigenvalue weighted by molar-refractivity contribution is 5.83. The predicted octanol–water partition coefficient (Wildman–Crippen LogP) is 3.47. The smallest absolute Gasteiger partial charge is 0.191 e. The summed E-state index contributed by atoms with van der Waals surface area (Å²) in [7, 11) is 1.78. The number of nitrogens with one attached hydrogen (secondary N) is 4. The molecule has 4 N–H and O–H groups in total. The third-order valence-electron chi connectivity index (χ3n) is 4.72. The number of hydrogen-bond acceptors (Lipinski definition) is 2. The van der Waals surface area contributed by atoms with Crippen LogP contribution < -0.4 is 10.6 Å². The number of hydrogen-bond donors (Lipinski definition) is 4. The van der Waals surface area contributed by atoms with Gasteiger partial charge in [-0.1, -0.05) is 48.5 Å². The molecule has 28 heavy (non-hydrogen) atoms. The molecule has 0 amide bonds. The number of aromatic amines is 2.